The molecule has 0 aliphatic carbocycles. The van der Waals surface area contributed by atoms with Gasteiger partial charge in [-0.1, -0.05) is 6.07 Å². The Labute approximate surface area is 99.3 Å². The summed E-state index contributed by atoms with van der Waals surface area (Å²) in [6, 6.07) is 5.19. The van der Waals surface area contributed by atoms with Gasteiger partial charge in [0.15, 0.2) is 0 Å². The van der Waals surface area contributed by atoms with Crippen molar-refractivity contribution in [2.45, 2.75) is 6.42 Å². The van der Waals surface area contributed by atoms with E-state index in [1.54, 1.807) is 22.7 Å². The Bertz CT molecular complexity index is 546. The van der Waals surface area contributed by atoms with Crippen LogP contribution in [0.15, 0.2) is 24.4 Å². The Balaban J connectivity index is 2.46. The van der Waals surface area contributed by atoms with Gasteiger partial charge in [0.25, 0.3) is 0 Å². The van der Waals surface area contributed by atoms with E-state index < -0.39 is 5.97 Å². The van der Waals surface area contributed by atoms with E-state index in [0.717, 1.165) is 24.3 Å². The molecule has 0 aliphatic heterocycles. The van der Waals surface area contributed by atoms with E-state index in [0.29, 0.717) is 0 Å². The van der Waals surface area contributed by atoms with Crippen LogP contribution in [0.5, 0.6) is 0 Å². The number of aromatic nitrogens is 2. The van der Waals surface area contributed by atoms with Gasteiger partial charge in [-0.3, -0.25) is 4.40 Å². The summed E-state index contributed by atoms with van der Waals surface area (Å²) >= 11 is 0. The maximum Gasteiger partial charge on any atom is 0.352 e. The quantitative estimate of drug-likeness (QED) is 0.860. The molecule has 2 aromatic rings. The van der Waals surface area contributed by atoms with Crippen LogP contribution in [0.4, 0.5) is 0 Å². The van der Waals surface area contributed by atoms with Crippen molar-refractivity contribution >= 4 is 11.5 Å². The largest absolute Gasteiger partial charge is 0.477 e. The Kier molecular flexibility index (Phi) is 3.10. The summed E-state index contributed by atoms with van der Waals surface area (Å²) in [4.78, 5) is 17.5. The number of rotatable bonds is 4. The Hall–Kier alpha value is -1.88. The smallest absolute Gasteiger partial charge is 0.352 e. The standard InChI is InChI=1S/C12H15N3O2/c1-14(2)7-6-11-13-8-9-4-3-5-10(12(16)17)15(9)11/h3-5,8H,6-7H2,1-2H3,(H,16,17). The van der Waals surface area contributed by atoms with Crippen LogP contribution < -0.4 is 0 Å². The summed E-state index contributed by atoms with van der Waals surface area (Å²) in [5.41, 5.74) is 1.08. The van der Waals surface area contributed by atoms with Crippen molar-refractivity contribution in [1.82, 2.24) is 14.3 Å². The lowest BCUT2D eigenvalue weighted by molar-refractivity contribution is 0.0688. The highest BCUT2D eigenvalue weighted by Gasteiger charge is 2.12. The minimum Gasteiger partial charge on any atom is -0.477 e. The zero-order chi connectivity index (χ0) is 12.4. The first-order chi connectivity index (χ1) is 8.09. The zero-order valence-electron chi connectivity index (χ0n) is 9.92. The van der Waals surface area contributed by atoms with Gasteiger partial charge in [-0.05, 0) is 26.2 Å². The zero-order valence-corrected chi connectivity index (χ0v) is 9.92. The summed E-state index contributed by atoms with van der Waals surface area (Å²) in [6.07, 6.45) is 2.43. The van der Waals surface area contributed by atoms with Crippen molar-refractivity contribution in [3.63, 3.8) is 0 Å². The van der Waals surface area contributed by atoms with E-state index in [-0.39, 0.29) is 5.69 Å². The topological polar surface area (TPSA) is 57.8 Å². The Morgan fingerprint density at radius 3 is 2.88 bits per heavy atom. The maximum absolute atomic E-state index is 11.1. The van der Waals surface area contributed by atoms with Crippen LogP contribution in [0.3, 0.4) is 0 Å². The minimum absolute atomic E-state index is 0.258. The third-order valence-electron chi connectivity index (χ3n) is 2.63. The van der Waals surface area contributed by atoms with Crippen LogP contribution in [0.2, 0.25) is 0 Å². The molecule has 5 nitrogen and oxygen atoms in total. The first-order valence-electron chi connectivity index (χ1n) is 5.43. The summed E-state index contributed by atoms with van der Waals surface area (Å²) in [5, 5.41) is 9.14. The number of hydrogen-bond donors (Lipinski definition) is 1. The van der Waals surface area contributed by atoms with E-state index in [1.807, 2.05) is 25.1 Å². The Morgan fingerprint density at radius 1 is 1.47 bits per heavy atom. The third-order valence-corrected chi connectivity index (χ3v) is 2.63. The van der Waals surface area contributed by atoms with Crippen molar-refractivity contribution in [3.8, 4) is 0 Å². The van der Waals surface area contributed by atoms with Gasteiger partial charge in [0.2, 0.25) is 0 Å². The van der Waals surface area contributed by atoms with E-state index in [9.17, 15) is 4.79 Å². The van der Waals surface area contributed by atoms with E-state index in [2.05, 4.69) is 4.98 Å². The van der Waals surface area contributed by atoms with Gasteiger partial charge in [0, 0.05) is 13.0 Å². The van der Waals surface area contributed by atoms with Crippen molar-refractivity contribution in [3.05, 3.63) is 35.9 Å². The number of carboxylic acids is 1. The molecule has 0 spiro atoms. The van der Waals surface area contributed by atoms with E-state index in [1.165, 1.54) is 0 Å². The average Bonchev–Trinajstić information content (AvgIpc) is 2.69. The fourth-order valence-corrected chi connectivity index (χ4v) is 1.78. The molecular formula is C12H15N3O2. The van der Waals surface area contributed by atoms with Crippen LogP contribution in [-0.4, -0.2) is 46.0 Å². The Morgan fingerprint density at radius 2 is 2.24 bits per heavy atom. The third kappa shape index (κ3) is 2.29. The van der Waals surface area contributed by atoms with Crippen molar-refractivity contribution < 1.29 is 9.90 Å². The van der Waals surface area contributed by atoms with Crippen LogP contribution in [0.25, 0.3) is 5.52 Å². The fourth-order valence-electron chi connectivity index (χ4n) is 1.78. The second-order valence-corrected chi connectivity index (χ2v) is 4.20. The molecule has 5 heteroatoms. The number of nitrogens with zero attached hydrogens (tertiary/aromatic N) is 3. The molecule has 0 unspecified atom stereocenters. The highest BCUT2D eigenvalue weighted by atomic mass is 16.4. The molecule has 2 aromatic heterocycles. The number of hydrogen-bond acceptors (Lipinski definition) is 3. The normalized spacial score (nSPS) is 11.2. The number of carboxylic acid groups (broad SMARTS) is 1. The van der Waals surface area contributed by atoms with Crippen LogP contribution in [0.1, 0.15) is 16.3 Å². The number of imidazole rings is 1. The summed E-state index contributed by atoms with van der Waals surface area (Å²) in [5.74, 6) is -0.147. The number of aromatic carboxylic acids is 1. The summed E-state index contributed by atoms with van der Waals surface area (Å²) < 4.78 is 1.70. The first kappa shape index (κ1) is 11.6. The molecule has 0 saturated heterocycles. The van der Waals surface area contributed by atoms with Crippen molar-refractivity contribution in [1.29, 1.82) is 0 Å². The lowest BCUT2D eigenvalue weighted by Gasteiger charge is -2.09. The molecular weight excluding hydrogens is 218 g/mol. The van der Waals surface area contributed by atoms with Gasteiger partial charge in [-0.15, -0.1) is 0 Å². The number of carbonyl (C=O) groups is 1. The molecule has 0 aromatic carbocycles. The molecule has 1 N–H and O–H groups in total. The van der Waals surface area contributed by atoms with E-state index in [4.69, 9.17) is 5.11 Å². The molecule has 0 aliphatic rings. The average molecular weight is 233 g/mol. The van der Waals surface area contributed by atoms with Gasteiger partial charge in [0.1, 0.15) is 11.5 Å². The molecule has 0 saturated carbocycles. The molecule has 2 rings (SSSR count). The maximum atomic E-state index is 11.1. The molecule has 0 radical (unpaired) electrons. The van der Waals surface area contributed by atoms with Gasteiger partial charge in [-0.2, -0.15) is 0 Å². The number of pyridine rings is 1. The van der Waals surface area contributed by atoms with Crippen LogP contribution >= 0.6 is 0 Å². The lowest BCUT2D eigenvalue weighted by Crippen LogP contribution is -2.17. The predicted molar refractivity (Wildman–Crippen MR) is 64.4 cm³/mol. The highest BCUT2D eigenvalue weighted by Crippen LogP contribution is 2.11. The first-order valence-corrected chi connectivity index (χ1v) is 5.43. The number of likely N-dealkylation sites (N-methyl/N-ethyl adjacent to an activating group) is 1. The number of fused-ring (bicyclic) bond motifs is 1. The van der Waals surface area contributed by atoms with Crippen molar-refractivity contribution in [2.75, 3.05) is 20.6 Å². The van der Waals surface area contributed by atoms with Crippen LogP contribution in [0, 0.1) is 0 Å². The molecule has 90 valence electrons. The lowest BCUT2D eigenvalue weighted by atomic mass is 10.3. The molecule has 0 atom stereocenters. The second-order valence-electron chi connectivity index (χ2n) is 4.20. The monoisotopic (exact) mass is 233 g/mol. The van der Waals surface area contributed by atoms with E-state index >= 15 is 0 Å². The fraction of sp³-hybridized carbons (Fsp3) is 0.333. The van der Waals surface area contributed by atoms with Gasteiger partial charge in [0.05, 0.1) is 11.7 Å². The second kappa shape index (κ2) is 4.55. The summed E-state index contributed by atoms with van der Waals surface area (Å²) in [6.45, 7) is 0.840. The van der Waals surface area contributed by atoms with Gasteiger partial charge >= 0.3 is 5.97 Å². The molecule has 0 fully saturated rings. The van der Waals surface area contributed by atoms with Crippen molar-refractivity contribution in [2.24, 2.45) is 0 Å². The molecule has 0 bridgehead atoms. The highest BCUT2D eigenvalue weighted by molar-refractivity contribution is 5.86. The summed E-state index contributed by atoms with van der Waals surface area (Å²) in [7, 11) is 3.96. The SMILES string of the molecule is CN(C)CCc1ncc2cccc(C(=O)O)n12. The van der Waals surface area contributed by atoms with Gasteiger partial charge < -0.3 is 10.0 Å². The predicted octanol–water partition coefficient (Wildman–Crippen LogP) is 1.14. The minimum atomic E-state index is -0.931. The molecule has 17 heavy (non-hydrogen) atoms. The molecule has 0 amide bonds. The molecule has 2 heterocycles. The van der Waals surface area contributed by atoms with Crippen LogP contribution in [-0.2, 0) is 6.42 Å². The van der Waals surface area contributed by atoms with Gasteiger partial charge in [-0.25, -0.2) is 9.78 Å².